The first kappa shape index (κ1) is 18.4. The summed E-state index contributed by atoms with van der Waals surface area (Å²) in [6, 6.07) is 9.23. The number of carbonyl (C=O) groups is 1. The first-order valence-corrected chi connectivity index (χ1v) is 10.7. The van der Waals surface area contributed by atoms with E-state index in [2.05, 4.69) is 0 Å². The van der Waals surface area contributed by atoms with Crippen LogP contribution in [0.15, 0.2) is 30.3 Å². The SMILES string of the molecule is CS(=O)(=O)N(C1CCOCC1)C1CCN(C(=O)c2ccccc2)CC1. The molecule has 2 aliphatic heterocycles. The molecule has 2 fully saturated rings. The molecule has 2 aliphatic rings. The van der Waals surface area contributed by atoms with Crippen molar-refractivity contribution in [2.75, 3.05) is 32.6 Å². The van der Waals surface area contributed by atoms with Gasteiger partial charge in [-0.3, -0.25) is 4.79 Å². The van der Waals surface area contributed by atoms with Crippen molar-refractivity contribution in [1.29, 1.82) is 0 Å². The fraction of sp³-hybridized carbons (Fsp3) is 0.611. The molecule has 0 atom stereocenters. The second-order valence-electron chi connectivity index (χ2n) is 6.83. The second kappa shape index (κ2) is 7.85. The van der Waals surface area contributed by atoms with Crippen LogP contribution in [0.25, 0.3) is 0 Å². The molecular formula is C18H26N2O4S. The van der Waals surface area contributed by atoms with Crippen molar-refractivity contribution in [3.63, 3.8) is 0 Å². The molecule has 2 heterocycles. The van der Waals surface area contributed by atoms with Crippen LogP contribution in [0.1, 0.15) is 36.0 Å². The molecule has 0 saturated carbocycles. The standard InChI is InChI=1S/C18H26N2O4S/c1-25(22,23)20(17-9-13-24-14-10-17)16-7-11-19(12-8-16)18(21)15-5-3-2-4-6-15/h2-6,16-17H,7-14H2,1H3. The largest absolute Gasteiger partial charge is 0.381 e. The third-order valence-corrected chi connectivity index (χ3v) is 6.43. The zero-order valence-electron chi connectivity index (χ0n) is 14.6. The highest BCUT2D eigenvalue weighted by Crippen LogP contribution is 2.26. The molecule has 7 heteroatoms. The summed E-state index contributed by atoms with van der Waals surface area (Å²) in [6.45, 7) is 2.41. The number of ether oxygens (including phenoxy) is 1. The van der Waals surface area contributed by atoms with Crippen molar-refractivity contribution >= 4 is 15.9 Å². The van der Waals surface area contributed by atoms with E-state index in [1.54, 1.807) is 4.31 Å². The summed E-state index contributed by atoms with van der Waals surface area (Å²) in [4.78, 5) is 14.4. The van der Waals surface area contributed by atoms with E-state index >= 15 is 0 Å². The molecule has 0 unspecified atom stereocenters. The summed E-state index contributed by atoms with van der Waals surface area (Å²) in [5.74, 6) is 0.0241. The van der Waals surface area contributed by atoms with E-state index in [9.17, 15) is 13.2 Å². The van der Waals surface area contributed by atoms with Gasteiger partial charge in [0.15, 0.2) is 0 Å². The normalized spacial score (nSPS) is 20.8. The van der Waals surface area contributed by atoms with Crippen LogP contribution in [0, 0.1) is 0 Å². The minimum absolute atomic E-state index is 0.0186. The third-order valence-electron chi connectivity index (χ3n) is 5.07. The Morgan fingerprint density at radius 1 is 1.04 bits per heavy atom. The highest BCUT2D eigenvalue weighted by atomic mass is 32.2. The van der Waals surface area contributed by atoms with Crippen molar-refractivity contribution in [3.05, 3.63) is 35.9 Å². The van der Waals surface area contributed by atoms with Crippen molar-refractivity contribution in [2.45, 2.75) is 37.8 Å². The van der Waals surface area contributed by atoms with Gasteiger partial charge < -0.3 is 9.64 Å². The van der Waals surface area contributed by atoms with Crippen LogP contribution >= 0.6 is 0 Å². The molecule has 138 valence electrons. The Balaban J connectivity index is 1.66. The van der Waals surface area contributed by atoms with Crippen LogP contribution in [-0.2, 0) is 14.8 Å². The molecule has 25 heavy (non-hydrogen) atoms. The Morgan fingerprint density at radius 2 is 1.60 bits per heavy atom. The molecule has 0 aliphatic carbocycles. The number of hydrogen-bond acceptors (Lipinski definition) is 4. The summed E-state index contributed by atoms with van der Waals surface area (Å²) in [5, 5.41) is 0. The number of nitrogens with zero attached hydrogens (tertiary/aromatic N) is 2. The molecule has 1 aromatic carbocycles. The lowest BCUT2D eigenvalue weighted by Crippen LogP contribution is -2.53. The van der Waals surface area contributed by atoms with Gasteiger partial charge in [0.05, 0.1) is 6.26 Å². The summed E-state index contributed by atoms with van der Waals surface area (Å²) in [6.07, 6.45) is 4.16. The highest BCUT2D eigenvalue weighted by molar-refractivity contribution is 7.88. The lowest BCUT2D eigenvalue weighted by atomic mass is 10.0. The number of piperidine rings is 1. The third kappa shape index (κ3) is 4.40. The first-order chi connectivity index (χ1) is 12.0. The number of carbonyl (C=O) groups excluding carboxylic acids is 1. The van der Waals surface area contributed by atoms with Crippen LogP contribution in [0.2, 0.25) is 0 Å². The van der Waals surface area contributed by atoms with Gasteiger partial charge in [0, 0.05) is 44.0 Å². The molecule has 0 radical (unpaired) electrons. The summed E-state index contributed by atoms with van der Waals surface area (Å²) >= 11 is 0. The first-order valence-electron chi connectivity index (χ1n) is 8.87. The molecule has 3 rings (SSSR count). The molecule has 0 aromatic heterocycles. The Kier molecular flexibility index (Phi) is 5.76. The van der Waals surface area contributed by atoms with E-state index < -0.39 is 10.0 Å². The monoisotopic (exact) mass is 366 g/mol. The van der Waals surface area contributed by atoms with Crippen molar-refractivity contribution in [1.82, 2.24) is 9.21 Å². The molecule has 0 bridgehead atoms. The maximum Gasteiger partial charge on any atom is 0.253 e. The van der Waals surface area contributed by atoms with Gasteiger partial charge in [0.25, 0.3) is 5.91 Å². The van der Waals surface area contributed by atoms with Gasteiger partial charge in [-0.25, -0.2) is 8.42 Å². The average molecular weight is 366 g/mol. The van der Waals surface area contributed by atoms with Gasteiger partial charge in [-0.2, -0.15) is 4.31 Å². The van der Waals surface area contributed by atoms with E-state index in [0.717, 1.165) is 12.8 Å². The number of likely N-dealkylation sites (tertiary alicyclic amines) is 1. The second-order valence-corrected chi connectivity index (χ2v) is 8.71. The Labute approximate surface area is 149 Å². The Bertz CT molecular complexity index is 678. The molecule has 1 amide bonds. The number of sulfonamides is 1. The minimum Gasteiger partial charge on any atom is -0.381 e. The van der Waals surface area contributed by atoms with Crippen molar-refractivity contribution < 1.29 is 17.9 Å². The predicted molar refractivity (Wildman–Crippen MR) is 95.9 cm³/mol. The molecular weight excluding hydrogens is 340 g/mol. The average Bonchev–Trinajstić information content (AvgIpc) is 2.62. The van der Waals surface area contributed by atoms with E-state index in [-0.39, 0.29) is 18.0 Å². The van der Waals surface area contributed by atoms with Crippen LogP contribution in [0.4, 0.5) is 0 Å². The lowest BCUT2D eigenvalue weighted by molar-refractivity contribution is 0.0378. The van der Waals surface area contributed by atoms with Gasteiger partial charge in [-0.05, 0) is 37.8 Å². The summed E-state index contributed by atoms with van der Waals surface area (Å²) in [7, 11) is -3.28. The molecule has 6 nitrogen and oxygen atoms in total. The van der Waals surface area contributed by atoms with Gasteiger partial charge in [0.1, 0.15) is 0 Å². The van der Waals surface area contributed by atoms with Gasteiger partial charge in [0.2, 0.25) is 10.0 Å². The summed E-state index contributed by atoms with van der Waals surface area (Å²) in [5.41, 5.74) is 0.686. The Morgan fingerprint density at radius 3 is 2.16 bits per heavy atom. The lowest BCUT2D eigenvalue weighted by Gasteiger charge is -2.42. The number of rotatable bonds is 4. The van der Waals surface area contributed by atoms with E-state index in [1.165, 1.54) is 6.26 Å². The van der Waals surface area contributed by atoms with Crippen LogP contribution in [0.3, 0.4) is 0 Å². The fourth-order valence-electron chi connectivity index (χ4n) is 3.87. The number of benzene rings is 1. The Hall–Kier alpha value is -1.44. The molecule has 1 aromatic rings. The van der Waals surface area contributed by atoms with E-state index in [1.807, 2.05) is 35.2 Å². The summed E-state index contributed by atoms with van der Waals surface area (Å²) < 4.78 is 31.8. The molecule has 0 spiro atoms. The topological polar surface area (TPSA) is 66.9 Å². The van der Waals surface area contributed by atoms with Gasteiger partial charge >= 0.3 is 0 Å². The van der Waals surface area contributed by atoms with Gasteiger partial charge in [-0.15, -0.1) is 0 Å². The van der Waals surface area contributed by atoms with Crippen molar-refractivity contribution in [2.24, 2.45) is 0 Å². The van der Waals surface area contributed by atoms with E-state index in [0.29, 0.717) is 44.7 Å². The minimum atomic E-state index is -3.28. The maximum atomic E-state index is 12.6. The van der Waals surface area contributed by atoms with Crippen LogP contribution < -0.4 is 0 Å². The van der Waals surface area contributed by atoms with Crippen molar-refractivity contribution in [3.8, 4) is 0 Å². The highest BCUT2D eigenvalue weighted by Gasteiger charge is 2.37. The maximum absolute atomic E-state index is 12.6. The van der Waals surface area contributed by atoms with Crippen LogP contribution in [-0.4, -0.2) is 68.2 Å². The zero-order chi connectivity index (χ0) is 17.9. The predicted octanol–water partition coefficient (Wildman–Crippen LogP) is 1.73. The number of hydrogen-bond donors (Lipinski definition) is 0. The van der Waals surface area contributed by atoms with E-state index in [4.69, 9.17) is 4.74 Å². The van der Waals surface area contributed by atoms with Crippen LogP contribution in [0.5, 0.6) is 0 Å². The zero-order valence-corrected chi connectivity index (χ0v) is 15.5. The molecule has 2 saturated heterocycles. The number of amides is 1. The quantitative estimate of drug-likeness (QED) is 0.814. The van der Waals surface area contributed by atoms with Gasteiger partial charge in [-0.1, -0.05) is 18.2 Å². The smallest absolute Gasteiger partial charge is 0.253 e. The molecule has 0 N–H and O–H groups in total. The fourth-order valence-corrected chi connectivity index (χ4v) is 5.37.